The zero-order chi connectivity index (χ0) is 39.6. The third-order valence-corrected chi connectivity index (χ3v) is 9.60. The maximum Gasteiger partial charge on any atom is 0.472 e. The predicted molar refractivity (Wildman–Crippen MR) is 225 cm³/mol. The van der Waals surface area contributed by atoms with Gasteiger partial charge in [-0.15, -0.1) is 0 Å². The number of rotatable bonds is 38. The molecule has 0 aromatic heterocycles. The van der Waals surface area contributed by atoms with E-state index in [4.69, 9.17) is 18.5 Å². The second kappa shape index (κ2) is 40.2. The molecule has 2 atom stereocenters. The lowest BCUT2D eigenvalue weighted by atomic mass is 10.0. The van der Waals surface area contributed by atoms with Gasteiger partial charge in [0.2, 0.25) is 0 Å². The second-order valence-electron chi connectivity index (χ2n) is 13.6. The van der Waals surface area contributed by atoms with Gasteiger partial charge in [-0.1, -0.05) is 177 Å². The fourth-order valence-electron chi connectivity index (χ4n) is 5.48. The number of carbonyl (C=O) groups excluding carboxylic acids is 2. The van der Waals surface area contributed by atoms with Gasteiger partial charge in [-0.3, -0.25) is 18.6 Å². The maximum atomic E-state index is 12.5. The van der Waals surface area contributed by atoms with Gasteiger partial charge in [-0.05, 0) is 58.3 Å². The molecule has 0 aliphatic rings. The molecule has 0 amide bonds. The Bertz CT molecular complexity index is 1110. The van der Waals surface area contributed by atoms with Gasteiger partial charge in [0.05, 0.1) is 13.2 Å². The minimum Gasteiger partial charge on any atom is -0.462 e. The summed E-state index contributed by atoms with van der Waals surface area (Å²) in [4.78, 5) is 34.7. The summed E-state index contributed by atoms with van der Waals surface area (Å²) in [5, 5.41) is 0. The van der Waals surface area contributed by atoms with E-state index in [9.17, 15) is 19.0 Å². The van der Waals surface area contributed by atoms with Crippen molar-refractivity contribution in [1.29, 1.82) is 0 Å². The molecule has 0 bridgehead atoms. The van der Waals surface area contributed by atoms with Crippen LogP contribution in [0.5, 0.6) is 0 Å². The molecule has 0 fully saturated rings. The Hall–Kier alpha value is -2.51. The van der Waals surface area contributed by atoms with Crippen LogP contribution in [0.2, 0.25) is 0 Å². The molecule has 0 aliphatic heterocycles. The summed E-state index contributed by atoms with van der Waals surface area (Å²) in [6, 6.07) is 0. The van der Waals surface area contributed by atoms with Crippen LogP contribution >= 0.6 is 7.82 Å². The minimum absolute atomic E-state index is 0.0154. The summed E-state index contributed by atoms with van der Waals surface area (Å²) >= 11 is 0. The van der Waals surface area contributed by atoms with E-state index in [2.05, 4.69) is 74.6 Å². The van der Waals surface area contributed by atoms with Crippen LogP contribution in [0.3, 0.4) is 0 Å². The number of allylic oxidation sites excluding steroid dienone is 12. The average molecular weight is 777 g/mol. The van der Waals surface area contributed by atoms with Crippen molar-refractivity contribution in [1.82, 2.24) is 0 Å². The Balaban J connectivity index is 4.23. The Morgan fingerprint density at radius 1 is 0.519 bits per heavy atom. The van der Waals surface area contributed by atoms with Gasteiger partial charge in [0.15, 0.2) is 6.10 Å². The molecule has 54 heavy (non-hydrogen) atoms. The third-order valence-electron chi connectivity index (χ3n) is 8.54. The van der Waals surface area contributed by atoms with E-state index in [1.54, 1.807) is 6.92 Å². The number of ether oxygens (including phenoxy) is 2. The van der Waals surface area contributed by atoms with Crippen molar-refractivity contribution in [3.63, 3.8) is 0 Å². The molecule has 0 saturated heterocycles. The number of unbranched alkanes of at least 4 members (excludes halogenated alkanes) is 14. The van der Waals surface area contributed by atoms with E-state index in [1.807, 2.05) is 12.2 Å². The summed E-state index contributed by atoms with van der Waals surface area (Å²) in [6.07, 6.45) is 49.7. The molecule has 0 aromatic rings. The fraction of sp³-hybridized carbons (Fsp3) is 0.689. The number of hydrogen-bond donors (Lipinski definition) is 1. The molecule has 0 heterocycles. The van der Waals surface area contributed by atoms with E-state index < -0.39 is 26.5 Å². The molecule has 8 nitrogen and oxygen atoms in total. The molecule has 2 unspecified atom stereocenters. The largest absolute Gasteiger partial charge is 0.472 e. The first-order chi connectivity index (χ1) is 26.3. The van der Waals surface area contributed by atoms with Crippen LogP contribution in [0.4, 0.5) is 0 Å². The zero-order valence-corrected chi connectivity index (χ0v) is 35.2. The van der Waals surface area contributed by atoms with E-state index in [0.717, 1.165) is 57.8 Å². The molecule has 310 valence electrons. The summed E-state index contributed by atoms with van der Waals surface area (Å²) in [5.74, 6) is -0.897. The highest BCUT2D eigenvalue weighted by molar-refractivity contribution is 7.47. The SMILES string of the molecule is CC/C=C\C/C=C\C/C=C\C/C=C\C/C=C\C/C=C\CCC(=O)OC(COC(=O)CCCCCCCCCCCCCCCCC)COP(=O)(O)OCC. The van der Waals surface area contributed by atoms with Crippen LogP contribution in [-0.4, -0.2) is 42.8 Å². The molecule has 0 spiro atoms. The number of hydrogen-bond acceptors (Lipinski definition) is 7. The van der Waals surface area contributed by atoms with Gasteiger partial charge >= 0.3 is 19.8 Å². The van der Waals surface area contributed by atoms with Crippen molar-refractivity contribution >= 4 is 19.8 Å². The Kier molecular flexibility index (Phi) is 38.3. The topological polar surface area (TPSA) is 108 Å². The Morgan fingerprint density at radius 3 is 1.39 bits per heavy atom. The molecule has 0 aliphatic carbocycles. The smallest absolute Gasteiger partial charge is 0.462 e. The summed E-state index contributed by atoms with van der Waals surface area (Å²) in [7, 11) is -4.30. The lowest BCUT2D eigenvalue weighted by Gasteiger charge is -2.19. The first-order valence-electron chi connectivity index (χ1n) is 21.2. The fourth-order valence-corrected chi connectivity index (χ4v) is 6.23. The lowest BCUT2D eigenvalue weighted by Crippen LogP contribution is -2.29. The molecular weight excluding hydrogens is 699 g/mol. The molecule has 9 heteroatoms. The highest BCUT2D eigenvalue weighted by Crippen LogP contribution is 2.43. The van der Waals surface area contributed by atoms with Gasteiger partial charge in [0.25, 0.3) is 0 Å². The number of esters is 2. The van der Waals surface area contributed by atoms with E-state index in [1.165, 1.54) is 77.0 Å². The van der Waals surface area contributed by atoms with Crippen LogP contribution in [0, 0.1) is 0 Å². The second-order valence-corrected chi connectivity index (χ2v) is 15.1. The van der Waals surface area contributed by atoms with Gasteiger partial charge < -0.3 is 14.4 Å². The summed E-state index contributed by atoms with van der Waals surface area (Å²) < 4.78 is 32.5. The van der Waals surface area contributed by atoms with Crippen LogP contribution in [-0.2, 0) is 32.7 Å². The van der Waals surface area contributed by atoms with E-state index >= 15 is 0 Å². The average Bonchev–Trinajstić information content (AvgIpc) is 3.15. The van der Waals surface area contributed by atoms with Crippen molar-refractivity contribution in [3.05, 3.63) is 72.9 Å². The van der Waals surface area contributed by atoms with Gasteiger partial charge in [0, 0.05) is 12.8 Å². The molecule has 1 N–H and O–H groups in total. The third kappa shape index (κ3) is 39.2. The van der Waals surface area contributed by atoms with Crippen molar-refractivity contribution in [2.24, 2.45) is 0 Å². The van der Waals surface area contributed by atoms with E-state index in [-0.39, 0.29) is 32.0 Å². The predicted octanol–water partition coefficient (Wildman–Crippen LogP) is 13.3. The van der Waals surface area contributed by atoms with Crippen LogP contribution in [0.15, 0.2) is 72.9 Å². The molecule has 0 rings (SSSR count). The molecule has 0 saturated carbocycles. The summed E-state index contributed by atoms with van der Waals surface area (Å²) in [6.45, 7) is 5.27. The first kappa shape index (κ1) is 51.5. The first-order valence-corrected chi connectivity index (χ1v) is 22.7. The monoisotopic (exact) mass is 777 g/mol. The van der Waals surface area contributed by atoms with Crippen LogP contribution < -0.4 is 0 Å². The normalized spacial score (nSPS) is 14.1. The Morgan fingerprint density at radius 2 is 0.944 bits per heavy atom. The highest BCUT2D eigenvalue weighted by Gasteiger charge is 2.25. The molecular formula is C45H77O8P. The van der Waals surface area contributed by atoms with Crippen molar-refractivity contribution in [2.75, 3.05) is 19.8 Å². The molecule has 0 radical (unpaired) electrons. The highest BCUT2D eigenvalue weighted by atomic mass is 31.2. The van der Waals surface area contributed by atoms with Gasteiger partial charge in [-0.25, -0.2) is 4.57 Å². The van der Waals surface area contributed by atoms with E-state index in [0.29, 0.717) is 6.42 Å². The van der Waals surface area contributed by atoms with Crippen molar-refractivity contribution in [3.8, 4) is 0 Å². The standard InChI is InChI=1S/C45H77O8P/c1-4-7-9-11-13-15-17-19-21-22-23-24-26-28-30-32-34-36-38-40-45(47)53-43(42-52-54(48,49)51-6-3)41-50-44(46)39-37-35-33-31-29-27-25-20-18-16-14-12-10-8-5-2/h7,9,13,15,19,21,23-24,28,30,34,36,43H,4-6,8,10-12,14,16-18,20,22,25-27,29,31-33,35,37-42H2,1-3H3,(H,48,49)/b9-7-,15-13-,21-19-,24-23-,30-28-,36-34-. The number of carbonyl (C=O) groups is 2. The minimum atomic E-state index is -4.30. The maximum absolute atomic E-state index is 12.5. The van der Waals surface area contributed by atoms with Crippen molar-refractivity contribution < 1.29 is 37.6 Å². The quantitative estimate of drug-likeness (QED) is 0.0286. The van der Waals surface area contributed by atoms with Gasteiger partial charge in [-0.2, -0.15) is 0 Å². The summed E-state index contributed by atoms with van der Waals surface area (Å²) in [5.41, 5.74) is 0. The zero-order valence-electron chi connectivity index (χ0n) is 34.3. The van der Waals surface area contributed by atoms with Crippen LogP contribution in [0.1, 0.15) is 175 Å². The van der Waals surface area contributed by atoms with Gasteiger partial charge in [0.1, 0.15) is 6.61 Å². The Labute approximate surface area is 330 Å². The van der Waals surface area contributed by atoms with Crippen molar-refractivity contribution in [2.45, 2.75) is 181 Å². The number of phosphoric acid groups is 1. The molecule has 0 aromatic carbocycles. The van der Waals surface area contributed by atoms with Crippen LogP contribution in [0.25, 0.3) is 0 Å². The number of phosphoric ester groups is 1. The lowest BCUT2D eigenvalue weighted by molar-refractivity contribution is -0.161.